The quantitative estimate of drug-likeness (QED) is 0.127. The number of halogens is 5. The van der Waals surface area contributed by atoms with Crippen LogP contribution >= 0.6 is 23.5 Å². The number of hydrogen-bond acceptors (Lipinski definition) is 3. The topological polar surface area (TPSA) is 37.4 Å². The number of fused-ring (bicyclic) bond motifs is 2. The summed E-state index contributed by atoms with van der Waals surface area (Å²) in [5.41, 5.74) is -0.162. The molecule has 0 spiro atoms. The van der Waals surface area contributed by atoms with Gasteiger partial charge in [-0.3, -0.25) is 9.59 Å². The molecule has 148 valence electrons. The van der Waals surface area contributed by atoms with Crippen molar-refractivity contribution in [1.29, 1.82) is 0 Å². The molecule has 0 fully saturated rings. The molecule has 1 aliphatic heterocycles. The molecule has 3 aliphatic carbocycles. The number of rotatable bonds is 2. The molecule has 4 atom stereocenters. The molecular weight excluding hydrogens is 430 g/mol. The van der Waals surface area contributed by atoms with Crippen molar-refractivity contribution in [3.63, 3.8) is 0 Å². The molecule has 1 heterocycles. The van der Waals surface area contributed by atoms with E-state index in [0.717, 1.165) is 16.3 Å². The molecule has 0 saturated carbocycles. The van der Waals surface area contributed by atoms with Crippen LogP contribution in [0, 0.1) is 23.3 Å². The number of nitrogens with zero attached hydrogens (tertiary/aromatic N) is 1. The van der Waals surface area contributed by atoms with Gasteiger partial charge < -0.3 is 0 Å². The average Bonchev–Trinajstić information content (AvgIpc) is 2.97. The van der Waals surface area contributed by atoms with Crippen LogP contribution in [-0.2, 0) is 0 Å². The molecule has 2 amide bonds. The summed E-state index contributed by atoms with van der Waals surface area (Å²) in [5.74, 6) is -9.65. The zero-order chi connectivity index (χ0) is 20.6. The molecule has 0 saturated heterocycles. The zero-order valence-electron chi connectivity index (χ0n) is 14.3. The van der Waals surface area contributed by atoms with Crippen molar-refractivity contribution >= 4 is 35.4 Å². The van der Waals surface area contributed by atoms with Gasteiger partial charge in [-0.2, -0.15) is 0 Å². The monoisotopic (exact) mass is 439 g/mol. The lowest BCUT2D eigenvalue weighted by atomic mass is 9.70. The Morgan fingerprint density at radius 3 is 1.83 bits per heavy atom. The smallest absolute Gasteiger partial charge is 0.268 e. The molecular formula is C20H10ClF4NO2S. The van der Waals surface area contributed by atoms with Gasteiger partial charge in [0.25, 0.3) is 11.8 Å². The molecule has 3 nitrogen and oxygen atoms in total. The van der Waals surface area contributed by atoms with Gasteiger partial charge in [-0.05, 0) is 24.1 Å². The molecule has 0 aromatic heterocycles. The maximum Gasteiger partial charge on any atom is 0.271 e. The number of imide groups is 1. The third-order valence-corrected chi connectivity index (χ3v) is 7.59. The minimum Gasteiger partial charge on any atom is -0.268 e. The summed E-state index contributed by atoms with van der Waals surface area (Å²) >= 11 is 7.29. The average molecular weight is 440 g/mol. The SMILES string of the molecule is O=C1c2ccccc2C(=O)N1S[C@H]1[C@@H](Cl)[C@H]2C=C[C@H]1c1c(F)c(F)c(F)c(F)c12. The van der Waals surface area contributed by atoms with Gasteiger partial charge in [0.2, 0.25) is 0 Å². The summed E-state index contributed by atoms with van der Waals surface area (Å²) in [6.07, 6.45) is 3.05. The van der Waals surface area contributed by atoms with Crippen molar-refractivity contribution in [2.24, 2.45) is 0 Å². The van der Waals surface area contributed by atoms with Crippen LogP contribution in [-0.4, -0.2) is 26.7 Å². The summed E-state index contributed by atoms with van der Waals surface area (Å²) in [6.45, 7) is 0. The molecule has 9 heteroatoms. The number of benzene rings is 2. The van der Waals surface area contributed by atoms with Crippen LogP contribution in [0.25, 0.3) is 0 Å². The Morgan fingerprint density at radius 2 is 1.28 bits per heavy atom. The first-order chi connectivity index (χ1) is 13.8. The fraction of sp³-hybridized carbons (Fsp3) is 0.200. The van der Waals surface area contributed by atoms with Crippen molar-refractivity contribution in [3.05, 3.63) is 81.9 Å². The largest absolute Gasteiger partial charge is 0.271 e. The van der Waals surface area contributed by atoms with Gasteiger partial charge in [-0.1, -0.05) is 24.3 Å². The van der Waals surface area contributed by atoms with E-state index in [2.05, 4.69) is 0 Å². The molecule has 0 unspecified atom stereocenters. The number of allylic oxidation sites excluding steroid dienone is 2. The van der Waals surface area contributed by atoms with E-state index >= 15 is 0 Å². The predicted molar refractivity (Wildman–Crippen MR) is 98.9 cm³/mol. The number of alkyl halides is 1. The molecule has 2 aromatic rings. The molecule has 0 radical (unpaired) electrons. The van der Waals surface area contributed by atoms with E-state index in [1.54, 1.807) is 12.1 Å². The minimum atomic E-state index is -1.89. The summed E-state index contributed by atoms with van der Waals surface area (Å²) in [4.78, 5) is 25.3. The predicted octanol–water partition coefficient (Wildman–Crippen LogP) is 4.91. The fourth-order valence-corrected chi connectivity index (χ4v) is 5.98. The van der Waals surface area contributed by atoms with E-state index < -0.39 is 57.5 Å². The van der Waals surface area contributed by atoms with E-state index in [0.29, 0.717) is 0 Å². The summed E-state index contributed by atoms with van der Waals surface area (Å²) in [7, 11) is 0. The van der Waals surface area contributed by atoms with Crippen molar-refractivity contribution in [3.8, 4) is 0 Å². The highest BCUT2D eigenvalue weighted by atomic mass is 35.5. The second-order valence-electron chi connectivity index (χ2n) is 6.98. The lowest BCUT2D eigenvalue weighted by Crippen LogP contribution is -2.43. The molecule has 2 aromatic carbocycles. The van der Waals surface area contributed by atoms with Crippen molar-refractivity contribution in [2.75, 3.05) is 0 Å². The molecule has 2 bridgehead atoms. The Morgan fingerprint density at radius 1 is 0.793 bits per heavy atom. The highest BCUT2D eigenvalue weighted by Gasteiger charge is 2.50. The first-order valence-electron chi connectivity index (χ1n) is 8.65. The van der Waals surface area contributed by atoms with Crippen LogP contribution in [0.2, 0.25) is 0 Å². The van der Waals surface area contributed by atoms with E-state index in [1.807, 2.05) is 0 Å². The summed E-state index contributed by atoms with van der Waals surface area (Å²) in [5, 5.41) is -1.63. The van der Waals surface area contributed by atoms with Gasteiger partial charge in [0.1, 0.15) is 0 Å². The van der Waals surface area contributed by atoms with Crippen LogP contribution in [0.1, 0.15) is 43.7 Å². The van der Waals surface area contributed by atoms with Crippen LogP contribution in [0.3, 0.4) is 0 Å². The van der Waals surface area contributed by atoms with Crippen LogP contribution < -0.4 is 0 Å². The lowest BCUT2D eigenvalue weighted by Gasteiger charge is -2.43. The third-order valence-electron chi connectivity index (χ3n) is 5.53. The first kappa shape index (κ1) is 18.7. The van der Waals surface area contributed by atoms with E-state index in [1.165, 1.54) is 24.3 Å². The van der Waals surface area contributed by atoms with Crippen LogP contribution in [0.15, 0.2) is 36.4 Å². The van der Waals surface area contributed by atoms with Gasteiger partial charge in [-0.25, -0.2) is 21.9 Å². The lowest BCUT2D eigenvalue weighted by molar-refractivity contribution is 0.0776. The van der Waals surface area contributed by atoms with Gasteiger partial charge in [0.05, 0.1) is 21.8 Å². The standard InChI is InChI=1S/C20H10ClF4NO2S/c21-13-9-5-6-10(12-11(9)14(22)16(24)17(25)15(12)23)18(13)29-26-19(27)7-3-1-2-4-8(7)20(26)28/h1-6,9-10,13,18H/t9-,10-,13-,18+/m0/s1. The molecule has 29 heavy (non-hydrogen) atoms. The highest BCUT2D eigenvalue weighted by molar-refractivity contribution is 7.98. The van der Waals surface area contributed by atoms with Gasteiger partial charge in [0, 0.05) is 23.0 Å². The number of amides is 2. The Kier molecular flexibility index (Phi) is 4.08. The third kappa shape index (κ3) is 2.39. The van der Waals surface area contributed by atoms with Gasteiger partial charge in [-0.15, -0.1) is 11.6 Å². The Bertz CT molecular complexity index is 1100. The molecule has 6 rings (SSSR count). The first-order valence-corrected chi connectivity index (χ1v) is 9.93. The van der Waals surface area contributed by atoms with E-state index in [-0.39, 0.29) is 22.3 Å². The second kappa shape index (κ2) is 6.34. The summed E-state index contributed by atoms with van der Waals surface area (Å²) < 4.78 is 57.5. The molecule has 4 aliphatic rings. The van der Waals surface area contributed by atoms with Crippen LogP contribution in [0.5, 0.6) is 0 Å². The Balaban J connectivity index is 1.56. The number of hydrogen-bond donors (Lipinski definition) is 0. The zero-order valence-corrected chi connectivity index (χ0v) is 15.9. The number of carbonyl (C=O) groups is 2. The second-order valence-corrected chi connectivity index (χ2v) is 8.61. The maximum absolute atomic E-state index is 14.5. The molecule has 0 N–H and O–H groups in total. The van der Waals surface area contributed by atoms with Crippen LogP contribution in [0.4, 0.5) is 17.6 Å². The minimum absolute atomic E-state index is 0.235. The highest BCUT2D eigenvalue weighted by Crippen LogP contribution is 2.54. The van der Waals surface area contributed by atoms with E-state index in [9.17, 15) is 27.2 Å². The van der Waals surface area contributed by atoms with Crippen molar-refractivity contribution in [2.45, 2.75) is 22.5 Å². The van der Waals surface area contributed by atoms with Crippen molar-refractivity contribution < 1.29 is 27.2 Å². The normalized spacial score (nSPS) is 26.9. The number of carbonyl (C=O) groups excluding carboxylic acids is 2. The van der Waals surface area contributed by atoms with E-state index in [4.69, 9.17) is 11.6 Å². The Labute approximate surface area is 171 Å². The van der Waals surface area contributed by atoms with Gasteiger partial charge in [0.15, 0.2) is 23.3 Å². The van der Waals surface area contributed by atoms with Crippen molar-refractivity contribution in [1.82, 2.24) is 4.31 Å². The fourth-order valence-electron chi connectivity index (χ4n) is 4.20. The Hall–Kier alpha value is -2.32. The summed E-state index contributed by atoms with van der Waals surface area (Å²) in [6, 6.07) is 6.28. The van der Waals surface area contributed by atoms with Gasteiger partial charge >= 0.3 is 0 Å². The maximum atomic E-state index is 14.5.